The predicted octanol–water partition coefficient (Wildman–Crippen LogP) is 2.19. The number of rotatable bonds is 20. The predicted molar refractivity (Wildman–Crippen MR) is 178 cm³/mol. The van der Waals surface area contributed by atoms with Crippen molar-refractivity contribution in [3.05, 3.63) is 29.8 Å². The molecule has 0 fully saturated rings. The lowest BCUT2D eigenvalue weighted by atomic mass is 10.2. The summed E-state index contributed by atoms with van der Waals surface area (Å²) in [4.78, 5) is 0.0895. The lowest BCUT2D eigenvalue weighted by molar-refractivity contribution is 0.123. The largest absolute Gasteiger partial charge is 0.500 e. The number of nitrogens with one attached hydrogen (secondary N) is 2. The highest BCUT2D eigenvalue weighted by molar-refractivity contribution is 8.13. The highest BCUT2D eigenvalue weighted by Gasteiger charge is 2.37. The Labute approximate surface area is 268 Å². The first-order valence-electron chi connectivity index (χ1n) is 12.8. The molecule has 19 heteroatoms. The van der Waals surface area contributed by atoms with Crippen LogP contribution in [0.4, 0.5) is 0 Å². The van der Waals surface area contributed by atoms with E-state index in [-0.39, 0.29) is 10.6 Å². The van der Waals surface area contributed by atoms with Crippen LogP contribution in [-0.2, 0) is 48.7 Å². The smallest absolute Gasteiger partial charge is 0.377 e. The van der Waals surface area contributed by atoms with E-state index in [9.17, 15) is 25.3 Å². The molecule has 0 bridgehead atoms. The zero-order valence-electron chi connectivity index (χ0n) is 24.9. The highest BCUT2D eigenvalue weighted by Crippen LogP contribution is 2.19. The average molecular weight is 736 g/mol. The third-order valence-electron chi connectivity index (χ3n) is 5.25. The molecule has 0 aliphatic heterocycles. The van der Waals surface area contributed by atoms with Gasteiger partial charge in [-0.05, 0) is 56.3 Å². The van der Waals surface area contributed by atoms with E-state index < -0.39 is 37.8 Å². The van der Waals surface area contributed by atoms with Gasteiger partial charge in [0.05, 0.1) is 16.4 Å². The van der Waals surface area contributed by atoms with Crippen molar-refractivity contribution < 1.29 is 43.1 Å². The zero-order chi connectivity index (χ0) is 32.7. The quantitative estimate of drug-likeness (QED) is 0.0505. The second-order valence-electron chi connectivity index (χ2n) is 8.72. The number of benzene rings is 1. The van der Waals surface area contributed by atoms with Crippen LogP contribution in [0.1, 0.15) is 18.4 Å². The molecule has 1 aromatic rings. The minimum Gasteiger partial charge on any atom is -0.377 e. The third-order valence-corrected chi connectivity index (χ3v) is 12.0. The van der Waals surface area contributed by atoms with Gasteiger partial charge in [0.2, 0.25) is 0 Å². The van der Waals surface area contributed by atoms with E-state index >= 15 is 0 Å². The van der Waals surface area contributed by atoms with Gasteiger partial charge in [0, 0.05) is 68.9 Å². The molecule has 0 spiro atoms. The van der Waals surface area contributed by atoms with Crippen LogP contribution in [0.2, 0.25) is 6.04 Å². The van der Waals surface area contributed by atoms with E-state index in [2.05, 4.69) is 29.5 Å². The Hall–Kier alpha value is 0.0369. The fourth-order valence-corrected chi connectivity index (χ4v) is 7.18. The number of thioether (sulfide) groups is 1. The second kappa shape index (κ2) is 24.3. The Morgan fingerprint density at radius 2 is 1.38 bits per heavy atom. The molecule has 0 aromatic heterocycles. The summed E-state index contributed by atoms with van der Waals surface area (Å²) in [5.41, 5.74) is 0.965. The Morgan fingerprint density at radius 1 is 0.881 bits per heavy atom. The van der Waals surface area contributed by atoms with E-state index in [0.717, 1.165) is 36.7 Å². The van der Waals surface area contributed by atoms with Crippen molar-refractivity contribution in [2.45, 2.75) is 30.2 Å². The molecule has 12 nitrogen and oxygen atoms in total. The molecule has 0 radical (unpaired) electrons. The van der Waals surface area contributed by atoms with Crippen molar-refractivity contribution in [2.24, 2.45) is 0 Å². The molecule has 1 rings (SSSR count). The number of sulfone groups is 1. The van der Waals surface area contributed by atoms with Gasteiger partial charge in [-0.2, -0.15) is 32.8 Å². The summed E-state index contributed by atoms with van der Waals surface area (Å²) in [6.07, 6.45) is 5.15. The van der Waals surface area contributed by atoms with Crippen LogP contribution >= 0.6 is 35.1 Å². The van der Waals surface area contributed by atoms with Gasteiger partial charge in [0.25, 0.3) is 19.2 Å². The molecule has 3 N–H and O–H groups in total. The Morgan fingerprint density at radius 3 is 1.79 bits per heavy atom. The third kappa shape index (κ3) is 26.4. The monoisotopic (exact) mass is 734 g/mol. The molecule has 0 atom stereocenters. The van der Waals surface area contributed by atoms with Gasteiger partial charge < -0.3 is 23.9 Å². The van der Waals surface area contributed by atoms with Crippen LogP contribution in [0.3, 0.4) is 0 Å². The average Bonchev–Trinajstić information content (AvgIpc) is 2.91. The van der Waals surface area contributed by atoms with Crippen molar-refractivity contribution in [3.63, 3.8) is 0 Å². The van der Waals surface area contributed by atoms with Gasteiger partial charge in [-0.15, -0.1) is 0 Å². The first-order chi connectivity index (χ1) is 19.5. The lowest BCUT2D eigenvalue weighted by Crippen LogP contribution is -2.43. The van der Waals surface area contributed by atoms with Crippen LogP contribution in [-0.4, -0.2) is 122 Å². The molecule has 1 aromatic carbocycles. The maximum atomic E-state index is 11.1. The Balaban J connectivity index is 0. The van der Waals surface area contributed by atoms with Crippen LogP contribution < -0.4 is 10.6 Å². The maximum Gasteiger partial charge on any atom is 0.500 e. The van der Waals surface area contributed by atoms with Crippen molar-refractivity contribution in [3.8, 4) is 0 Å². The molecule has 0 aliphatic rings. The van der Waals surface area contributed by atoms with Crippen LogP contribution in [0.5, 0.6) is 0 Å². The van der Waals surface area contributed by atoms with Gasteiger partial charge in [-0.25, -0.2) is 16.8 Å². The molecule has 0 aliphatic carbocycles. The van der Waals surface area contributed by atoms with Crippen LogP contribution in [0.15, 0.2) is 29.2 Å². The van der Waals surface area contributed by atoms with Crippen LogP contribution in [0, 0.1) is 0 Å². The Bertz CT molecular complexity index is 1130. The summed E-state index contributed by atoms with van der Waals surface area (Å²) in [5.74, 6) is 1.93. The zero-order valence-corrected chi connectivity index (χ0v) is 30.8. The first kappa shape index (κ1) is 44.2. The van der Waals surface area contributed by atoms with E-state index in [1.165, 1.54) is 18.4 Å². The summed E-state index contributed by atoms with van der Waals surface area (Å²) < 4.78 is 88.2. The number of hydrogen-bond acceptors (Lipinski definition) is 13. The summed E-state index contributed by atoms with van der Waals surface area (Å²) in [7, 11) is -2.88. The van der Waals surface area contributed by atoms with E-state index in [1.807, 2.05) is 0 Å². The maximum absolute atomic E-state index is 11.1. The minimum atomic E-state index is -3.77. The molecule has 0 heterocycles. The van der Waals surface area contributed by atoms with Crippen molar-refractivity contribution in [1.82, 2.24) is 10.6 Å². The number of hydrogen-bond donors (Lipinski definition) is 4. The highest BCUT2D eigenvalue weighted by atomic mass is 35.7. The summed E-state index contributed by atoms with van der Waals surface area (Å²) >= 11 is 5.73. The molecule has 0 unspecified atom stereocenters. The second-order valence-corrected chi connectivity index (χ2v) is 19.6. The fraction of sp³-hybridized carbons (Fsp3) is 0.739. The van der Waals surface area contributed by atoms with E-state index in [4.69, 9.17) is 28.5 Å². The van der Waals surface area contributed by atoms with Gasteiger partial charge in [0.15, 0.2) is 0 Å². The molecule has 42 heavy (non-hydrogen) atoms. The van der Waals surface area contributed by atoms with Crippen molar-refractivity contribution in [1.29, 1.82) is 0 Å². The number of aryl methyl sites for hydroxylation is 1. The first-order valence-corrected chi connectivity index (χ1v) is 22.8. The number of halogens is 1. The fourth-order valence-electron chi connectivity index (χ4n) is 3.01. The van der Waals surface area contributed by atoms with E-state index in [1.54, 1.807) is 45.2 Å². The normalized spacial score (nSPS) is 12.2. The molecule has 0 saturated carbocycles. The molecule has 250 valence electrons. The van der Waals surface area contributed by atoms with Crippen molar-refractivity contribution >= 4 is 72.9 Å². The van der Waals surface area contributed by atoms with Gasteiger partial charge in [-0.1, -0.05) is 12.1 Å². The van der Waals surface area contributed by atoms with Crippen molar-refractivity contribution in [2.75, 3.05) is 83.0 Å². The summed E-state index contributed by atoms with van der Waals surface area (Å²) in [6.45, 7) is 3.12. The molecule has 0 saturated heterocycles. The lowest BCUT2D eigenvalue weighted by Gasteiger charge is -2.24. The number of thiol groups is 1. The Kier molecular flexibility index (Phi) is 25.5. The summed E-state index contributed by atoms with van der Waals surface area (Å²) in [6, 6.07) is 7.01. The van der Waals surface area contributed by atoms with Crippen LogP contribution in [0.25, 0.3) is 0 Å². The van der Waals surface area contributed by atoms with Gasteiger partial charge in [-0.3, -0.25) is 4.55 Å². The molecular formula is C23H47ClN2O10S5Si. The molecule has 0 amide bonds. The molecular weight excluding hydrogens is 688 g/mol. The van der Waals surface area contributed by atoms with Gasteiger partial charge >= 0.3 is 8.80 Å². The van der Waals surface area contributed by atoms with E-state index in [0.29, 0.717) is 37.6 Å². The summed E-state index contributed by atoms with van der Waals surface area (Å²) in [5, 5.41) is 6.13. The topological polar surface area (TPSA) is 174 Å². The SMILES string of the molecule is CO[Si](CCc1ccc(S(=O)(=O)Cl)cc1)(OC)OC.CSCCNCCCS(C)(=O)=O.O=S(=O)(O)CCCNCCS. The van der Waals surface area contributed by atoms with Gasteiger partial charge in [0.1, 0.15) is 9.84 Å². The standard InChI is InChI=1S/C11H17ClO5SSi.C7H17NO2S2.C5H13NO3S2/c1-15-19(16-2,17-3)9-8-10-4-6-11(7-5-10)18(12,13)14;1-11-6-5-8-4-3-7-12(2,9)10;7-11(8,9)5-1-2-6-3-4-10/h4-7H,8-9H2,1-3H3;8H,3-7H2,1-2H3;6,10H,1-5H2,(H,7,8,9). The minimum absolute atomic E-state index is 0.0895.